The summed E-state index contributed by atoms with van der Waals surface area (Å²) in [6, 6.07) is 19.0. The summed E-state index contributed by atoms with van der Waals surface area (Å²) in [5, 5.41) is 7.56. The third-order valence-electron chi connectivity index (χ3n) is 4.56. The van der Waals surface area contributed by atoms with Crippen LogP contribution in [0.25, 0.3) is 22.4 Å². The quantitative estimate of drug-likeness (QED) is 0.357. The fraction of sp³-hybridized carbons (Fsp3) is 0.174. The summed E-state index contributed by atoms with van der Waals surface area (Å²) in [6.07, 6.45) is 0. The summed E-state index contributed by atoms with van der Waals surface area (Å²) >= 11 is 6.03. The first-order valence-corrected chi connectivity index (χ1v) is 10.3. The zero-order valence-corrected chi connectivity index (χ0v) is 17.7. The van der Waals surface area contributed by atoms with Crippen molar-refractivity contribution in [2.24, 2.45) is 0 Å². The molecule has 0 aliphatic heterocycles. The highest BCUT2D eigenvalue weighted by molar-refractivity contribution is 6.30. The van der Waals surface area contributed by atoms with Gasteiger partial charge in [-0.2, -0.15) is 0 Å². The molecule has 0 aliphatic rings. The topological polar surface area (TPSA) is 91.9 Å². The van der Waals surface area contributed by atoms with Crippen molar-refractivity contribution in [2.75, 3.05) is 18.4 Å². The summed E-state index contributed by atoms with van der Waals surface area (Å²) in [7, 11) is 0. The number of benzene rings is 2. The first-order chi connectivity index (χ1) is 15.1. The Morgan fingerprint density at radius 2 is 1.90 bits per heavy atom. The molecule has 0 saturated heterocycles. The number of nitrogens with zero attached hydrogens (tertiary/aromatic N) is 2. The molecule has 0 fully saturated rings. The van der Waals surface area contributed by atoms with Crippen LogP contribution in [0.5, 0.6) is 5.75 Å². The number of nitrogens with one attached hydrogen (secondary N) is 3. The minimum absolute atomic E-state index is 0.0679. The van der Waals surface area contributed by atoms with Crippen molar-refractivity contribution in [3.8, 4) is 17.1 Å². The minimum Gasteiger partial charge on any atom is -0.487 e. The molecule has 4 rings (SSSR count). The monoisotopic (exact) mass is 435 g/mol. The molecular weight excluding hydrogens is 414 g/mol. The van der Waals surface area contributed by atoms with Crippen LogP contribution in [0.3, 0.4) is 0 Å². The number of carbonyl (C=O) groups excluding carboxylic acids is 1. The SMILES string of the molecule is CC(=O)NCCNc1nc(-c2ccccc2)nc2[nH]c(COc3cccc(Cl)c3)cc12. The number of anilines is 1. The third-order valence-corrected chi connectivity index (χ3v) is 4.79. The number of hydrogen-bond acceptors (Lipinski definition) is 5. The molecule has 8 heteroatoms. The van der Waals surface area contributed by atoms with Crippen LogP contribution in [0.4, 0.5) is 5.82 Å². The van der Waals surface area contributed by atoms with E-state index >= 15 is 0 Å². The zero-order chi connectivity index (χ0) is 21.6. The van der Waals surface area contributed by atoms with Gasteiger partial charge in [0, 0.05) is 30.6 Å². The van der Waals surface area contributed by atoms with Gasteiger partial charge in [0.1, 0.15) is 23.8 Å². The second-order valence-electron chi connectivity index (χ2n) is 6.97. The molecule has 3 N–H and O–H groups in total. The van der Waals surface area contributed by atoms with E-state index in [1.807, 2.05) is 48.5 Å². The molecule has 0 saturated carbocycles. The highest BCUT2D eigenvalue weighted by atomic mass is 35.5. The first-order valence-electron chi connectivity index (χ1n) is 9.90. The number of carbonyl (C=O) groups is 1. The van der Waals surface area contributed by atoms with Gasteiger partial charge in [-0.1, -0.05) is 48.0 Å². The molecule has 1 amide bonds. The molecule has 0 atom stereocenters. The van der Waals surface area contributed by atoms with Crippen molar-refractivity contribution >= 4 is 34.4 Å². The molecule has 0 aliphatic carbocycles. The van der Waals surface area contributed by atoms with E-state index in [9.17, 15) is 4.79 Å². The number of hydrogen-bond donors (Lipinski definition) is 3. The van der Waals surface area contributed by atoms with Gasteiger partial charge in [-0.25, -0.2) is 9.97 Å². The third kappa shape index (κ3) is 5.32. The van der Waals surface area contributed by atoms with Crippen LogP contribution in [-0.4, -0.2) is 33.9 Å². The van der Waals surface area contributed by atoms with Crippen molar-refractivity contribution < 1.29 is 9.53 Å². The van der Waals surface area contributed by atoms with Gasteiger partial charge < -0.3 is 20.4 Å². The van der Waals surface area contributed by atoms with Gasteiger partial charge in [0.2, 0.25) is 5.91 Å². The van der Waals surface area contributed by atoms with E-state index in [4.69, 9.17) is 26.3 Å². The van der Waals surface area contributed by atoms with Crippen LogP contribution in [0, 0.1) is 0 Å². The molecule has 0 radical (unpaired) electrons. The Bertz CT molecular complexity index is 1190. The highest BCUT2D eigenvalue weighted by Crippen LogP contribution is 2.26. The van der Waals surface area contributed by atoms with Crippen LogP contribution in [-0.2, 0) is 11.4 Å². The minimum atomic E-state index is -0.0679. The average molecular weight is 436 g/mol. The Kier molecular flexibility index (Phi) is 6.33. The maximum atomic E-state index is 11.1. The summed E-state index contributed by atoms with van der Waals surface area (Å²) in [5.41, 5.74) is 2.49. The fourth-order valence-corrected chi connectivity index (χ4v) is 3.31. The normalized spacial score (nSPS) is 10.8. The molecule has 4 aromatic rings. The number of aromatic amines is 1. The lowest BCUT2D eigenvalue weighted by atomic mass is 10.2. The Balaban J connectivity index is 1.61. The lowest BCUT2D eigenvalue weighted by Crippen LogP contribution is -2.26. The second kappa shape index (κ2) is 9.49. The molecule has 31 heavy (non-hydrogen) atoms. The van der Waals surface area contributed by atoms with Crippen molar-refractivity contribution in [1.82, 2.24) is 20.3 Å². The number of halogens is 1. The van der Waals surface area contributed by atoms with Gasteiger partial charge in [-0.05, 0) is 24.3 Å². The molecule has 0 spiro atoms. The van der Waals surface area contributed by atoms with E-state index in [1.165, 1.54) is 6.92 Å². The van der Waals surface area contributed by atoms with E-state index in [2.05, 4.69) is 15.6 Å². The summed E-state index contributed by atoms with van der Waals surface area (Å²) in [4.78, 5) is 23.9. The average Bonchev–Trinajstić information content (AvgIpc) is 3.19. The number of amides is 1. The second-order valence-corrected chi connectivity index (χ2v) is 7.41. The van der Waals surface area contributed by atoms with Gasteiger partial charge in [-0.3, -0.25) is 4.79 Å². The summed E-state index contributed by atoms with van der Waals surface area (Å²) in [6.45, 7) is 2.87. The molecule has 2 heterocycles. The molecule has 158 valence electrons. The smallest absolute Gasteiger partial charge is 0.216 e. The Labute approximate surface area is 184 Å². The van der Waals surface area contributed by atoms with E-state index in [1.54, 1.807) is 12.1 Å². The van der Waals surface area contributed by atoms with Crippen LogP contribution in [0.15, 0.2) is 60.7 Å². The van der Waals surface area contributed by atoms with Gasteiger partial charge in [-0.15, -0.1) is 0 Å². The number of aromatic nitrogens is 3. The molecule has 2 aromatic heterocycles. The maximum absolute atomic E-state index is 11.1. The number of ether oxygens (including phenoxy) is 1. The molecule has 0 bridgehead atoms. The van der Waals surface area contributed by atoms with Crippen molar-refractivity contribution in [3.63, 3.8) is 0 Å². The summed E-state index contributed by atoms with van der Waals surface area (Å²) in [5.74, 6) is 1.93. The van der Waals surface area contributed by atoms with Crippen LogP contribution in [0.1, 0.15) is 12.6 Å². The van der Waals surface area contributed by atoms with Crippen LogP contribution < -0.4 is 15.4 Å². The number of rotatable bonds is 8. The highest BCUT2D eigenvalue weighted by Gasteiger charge is 2.13. The Morgan fingerprint density at radius 1 is 1.06 bits per heavy atom. The van der Waals surface area contributed by atoms with Crippen molar-refractivity contribution in [2.45, 2.75) is 13.5 Å². The standard InChI is InChI=1S/C23H22ClN5O2/c1-15(30)25-10-11-26-22-20-13-18(14-31-19-9-5-8-17(24)12-19)27-23(20)29-21(28-22)16-6-3-2-4-7-16/h2-9,12-13H,10-11,14H2,1H3,(H,25,30)(H2,26,27,28,29). The van der Waals surface area contributed by atoms with Gasteiger partial charge in [0.05, 0.1) is 11.1 Å². The van der Waals surface area contributed by atoms with E-state index < -0.39 is 0 Å². The predicted molar refractivity (Wildman–Crippen MR) is 122 cm³/mol. The molecule has 2 aromatic carbocycles. The van der Waals surface area contributed by atoms with E-state index in [0.29, 0.717) is 47.8 Å². The van der Waals surface area contributed by atoms with Crippen LogP contribution in [0.2, 0.25) is 5.02 Å². The number of H-pyrrole nitrogens is 1. The predicted octanol–water partition coefficient (Wildman–Crippen LogP) is 4.41. The zero-order valence-electron chi connectivity index (χ0n) is 17.0. The fourth-order valence-electron chi connectivity index (χ4n) is 3.13. The molecule has 0 unspecified atom stereocenters. The maximum Gasteiger partial charge on any atom is 0.216 e. The van der Waals surface area contributed by atoms with Crippen molar-refractivity contribution in [3.05, 3.63) is 71.4 Å². The Morgan fingerprint density at radius 3 is 2.68 bits per heavy atom. The van der Waals surface area contributed by atoms with Crippen LogP contribution >= 0.6 is 11.6 Å². The molecular formula is C23H22ClN5O2. The molecule has 7 nitrogen and oxygen atoms in total. The van der Waals surface area contributed by atoms with Gasteiger partial charge >= 0.3 is 0 Å². The number of fused-ring (bicyclic) bond motifs is 1. The van der Waals surface area contributed by atoms with E-state index in [-0.39, 0.29) is 5.91 Å². The summed E-state index contributed by atoms with van der Waals surface area (Å²) < 4.78 is 5.85. The first kappa shape index (κ1) is 20.7. The Hall–Kier alpha value is -3.58. The van der Waals surface area contributed by atoms with Crippen molar-refractivity contribution in [1.29, 1.82) is 0 Å². The van der Waals surface area contributed by atoms with Gasteiger partial charge in [0.15, 0.2) is 5.82 Å². The largest absolute Gasteiger partial charge is 0.487 e. The van der Waals surface area contributed by atoms with E-state index in [0.717, 1.165) is 16.6 Å². The lowest BCUT2D eigenvalue weighted by molar-refractivity contribution is -0.118. The lowest BCUT2D eigenvalue weighted by Gasteiger charge is -2.09. The van der Waals surface area contributed by atoms with Gasteiger partial charge in [0.25, 0.3) is 0 Å².